The topological polar surface area (TPSA) is 60.4 Å². The molecule has 4 aromatic rings. The highest BCUT2D eigenvalue weighted by Gasteiger charge is 2.13. The first-order valence-corrected chi connectivity index (χ1v) is 9.91. The molecule has 2 heterocycles. The van der Waals surface area contributed by atoms with Crippen molar-refractivity contribution in [1.29, 1.82) is 0 Å². The number of carbonyl (C=O) groups excluding carboxylic acids is 1. The summed E-state index contributed by atoms with van der Waals surface area (Å²) in [6.45, 7) is 2.85. The first-order chi connectivity index (χ1) is 15.0. The van der Waals surface area contributed by atoms with Crippen LogP contribution in [0.5, 0.6) is 5.75 Å². The van der Waals surface area contributed by atoms with Gasteiger partial charge in [-0.05, 0) is 36.8 Å². The molecule has 0 saturated carbocycles. The summed E-state index contributed by atoms with van der Waals surface area (Å²) in [5.41, 5.74) is 2.95. The number of fused-ring (bicyclic) bond motifs is 1. The SMILES string of the molecule is COc1cccc2cc(C(=O)/C=C/c3cc[n+](Cc4cccc(C)c4)cc3)c(=O)oc12. The summed E-state index contributed by atoms with van der Waals surface area (Å²) in [4.78, 5) is 24.9. The summed E-state index contributed by atoms with van der Waals surface area (Å²) < 4.78 is 12.6. The zero-order valence-electron chi connectivity index (χ0n) is 17.4. The van der Waals surface area contributed by atoms with Crippen molar-refractivity contribution in [2.45, 2.75) is 13.5 Å². The molecule has 0 amide bonds. The Morgan fingerprint density at radius 1 is 1.06 bits per heavy atom. The molecule has 0 atom stereocenters. The maximum absolute atomic E-state index is 12.6. The molecular weight excluding hydrogens is 390 g/mol. The standard InChI is InChI=1S/C26H22NO4/c1-18-5-3-6-20(15-18)17-27-13-11-19(12-14-27)9-10-23(28)22-16-21-7-4-8-24(30-2)25(21)31-26(22)29/h3-16H,17H2,1-2H3/q+1/b10-9+. The molecule has 0 unspecified atom stereocenters. The maximum atomic E-state index is 12.6. The van der Waals surface area contributed by atoms with Crippen LogP contribution in [0.4, 0.5) is 0 Å². The molecule has 0 spiro atoms. The van der Waals surface area contributed by atoms with E-state index in [1.165, 1.54) is 30.4 Å². The number of hydrogen-bond acceptors (Lipinski definition) is 4. The van der Waals surface area contributed by atoms with Gasteiger partial charge in [-0.25, -0.2) is 9.36 Å². The average molecular weight is 412 g/mol. The number of methoxy groups -OCH3 is 1. The summed E-state index contributed by atoms with van der Waals surface area (Å²) in [6, 6.07) is 19.0. The molecule has 0 aliphatic heterocycles. The monoisotopic (exact) mass is 412 g/mol. The number of hydrogen-bond donors (Lipinski definition) is 0. The lowest BCUT2D eigenvalue weighted by atomic mass is 10.1. The second kappa shape index (κ2) is 8.79. The fourth-order valence-electron chi connectivity index (χ4n) is 3.42. The molecule has 0 radical (unpaired) electrons. The van der Waals surface area contributed by atoms with Crippen molar-refractivity contribution >= 4 is 22.8 Å². The van der Waals surface area contributed by atoms with E-state index in [2.05, 4.69) is 29.7 Å². The van der Waals surface area contributed by atoms with Crippen LogP contribution in [0.25, 0.3) is 17.0 Å². The van der Waals surface area contributed by atoms with E-state index in [-0.39, 0.29) is 5.56 Å². The Morgan fingerprint density at radius 2 is 1.84 bits per heavy atom. The molecule has 31 heavy (non-hydrogen) atoms. The van der Waals surface area contributed by atoms with Crippen molar-refractivity contribution in [2.75, 3.05) is 7.11 Å². The Bertz CT molecular complexity index is 1330. The minimum absolute atomic E-state index is 0.0116. The van der Waals surface area contributed by atoms with E-state index in [0.29, 0.717) is 16.7 Å². The molecule has 5 nitrogen and oxygen atoms in total. The van der Waals surface area contributed by atoms with Gasteiger partial charge in [-0.2, -0.15) is 0 Å². The lowest BCUT2D eigenvalue weighted by molar-refractivity contribution is -0.688. The highest BCUT2D eigenvalue weighted by atomic mass is 16.5. The summed E-state index contributed by atoms with van der Waals surface area (Å²) in [5, 5.41) is 0.632. The highest BCUT2D eigenvalue weighted by molar-refractivity contribution is 6.08. The minimum Gasteiger partial charge on any atom is -0.493 e. The van der Waals surface area contributed by atoms with Gasteiger partial charge in [0.2, 0.25) is 0 Å². The van der Waals surface area contributed by atoms with Gasteiger partial charge in [0.25, 0.3) is 0 Å². The van der Waals surface area contributed by atoms with Crippen molar-refractivity contribution in [3.8, 4) is 5.75 Å². The number of carbonyl (C=O) groups is 1. The molecule has 0 N–H and O–H groups in total. The van der Waals surface area contributed by atoms with Gasteiger partial charge in [0.15, 0.2) is 36.1 Å². The van der Waals surface area contributed by atoms with Crippen LogP contribution in [-0.4, -0.2) is 12.9 Å². The number of benzene rings is 2. The number of aryl methyl sites for hydroxylation is 1. The summed E-state index contributed by atoms with van der Waals surface area (Å²) in [5.74, 6) is 0.0438. The predicted octanol–water partition coefficient (Wildman–Crippen LogP) is 4.34. The van der Waals surface area contributed by atoms with Crippen molar-refractivity contribution in [2.24, 2.45) is 0 Å². The second-order valence-corrected chi connectivity index (χ2v) is 7.32. The van der Waals surface area contributed by atoms with Crippen molar-refractivity contribution in [3.05, 3.63) is 112 Å². The van der Waals surface area contributed by atoms with E-state index >= 15 is 0 Å². The van der Waals surface area contributed by atoms with Crippen LogP contribution in [-0.2, 0) is 6.54 Å². The number of pyridine rings is 1. The first-order valence-electron chi connectivity index (χ1n) is 9.91. The Labute approximate surface area is 179 Å². The maximum Gasteiger partial charge on any atom is 0.347 e. The fourth-order valence-corrected chi connectivity index (χ4v) is 3.42. The lowest BCUT2D eigenvalue weighted by Gasteiger charge is -2.04. The van der Waals surface area contributed by atoms with E-state index in [9.17, 15) is 9.59 Å². The van der Waals surface area contributed by atoms with Gasteiger partial charge in [0.05, 0.1) is 7.11 Å². The van der Waals surface area contributed by atoms with E-state index < -0.39 is 11.4 Å². The van der Waals surface area contributed by atoms with E-state index in [0.717, 1.165) is 12.1 Å². The molecule has 5 heteroatoms. The van der Waals surface area contributed by atoms with Gasteiger partial charge < -0.3 is 9.15 Å². The summed E-state index contributed by atoms with van der Waals surface area (Å²) >= 11 is 0. The normalized spacial score (nSPS) is 11.2. The quantitative estimate of drug-likeness (QED) is 0.205. The van der Waals surface area contributed by atoms with Crippen LogP contribution in [0, 0.1) is 6.92 Å². The lowest BCUT2D eigenvalue weighted by Crippen LogP contribution is -2.33. The molecular formula is C26H22NO4+. The zero-order valence-corrected chi connectivity index (χ0v) is 17.4. The van der Waals surface area contributed by atoms with Crippen molar-refractivity contribution in [3.63, 3.8) is 0 Å². The number of allylic oxidation sites excluding steroid dienone is 1. The Kier molecular flexibility index (Phi) is 5.76. The first kappa shape index (κ1) is 20.3. The number of ketones is 1. The van der Waals surface area contributed by atoms with Crippen LogP contribution in [0.1, 0.15) is 27.0 Å². The Balaban J connectivity index is 1.51. The van der Waals surface area contributed by atoms with Gasteiger partial charge in [-0.1, -0.05) is 42.0 Å². The molecule has 0 fully saturated rings. The summed E-state index contributed by atoms with van der Waals surface area (Å²) in [7, 11) is 1.50. The fraction of sp³-hybridized carbons (Fsp3) is 0.115. The van der Waals surface area contributed by atoms with Crippen molar-refractivity contribution < 1.29 is 18.5 Å². The van der Waals surface area contributed by atoms with Gasteiger partial charge in [-0.3, -0.25) is 4.79 Å². The van der Waals surface area contributed by atoms with Crippen molar-refractivity contribution in [1.82, 2.24) is 0 Å². The third-order valence-electron chi connectivity index (χ3n) is 5.00. The third kappa shape index (κ3) is 4.61. The van der Waals surface area contributed by atoms with Gasteiger partial charge in [0, 0.05) is 23.1 Å². The van der Waals surface area contributed by atoms with Crippen LogP contribution in [0.2, 0.25) is 0 Å². The van der Waals surface area contributed by atoms with Crippen LogP contribution >= 0.6 is 0 Å². The van der Waals surface area contributed by atoms with Crippen LogP contribution < -0.4 is 14.9 Å². The second-order valence-electron chi connectivity index (χ2n) is 7.32. The highest BCUT2D eigenvalue weighted by Crippen LogP contribution is 2.24. The Morgan fingerprint density at radius 3 is 2.58 bits per heavy atom. The largest absolute Gasteiger partial charge is 0.493 e. The molecule has 0 saturated heterocycles. The number of ether oxygens (including phenoxy) is 1. The number of rotatable bonds is 6. The van der Waals surface area contributed by atoms with Gasteiger partial charge >= 0.3 is 5.63 Å². The van der Waals surface area contributed by atoms with E-state index in [4.69, 9.17) is 9.15 Å². The number of aromatic nitrogens is 1. The van der Waals surface area contributed by atoms with Gasteiger partial charge in [0.1, 0.15) is 5.56 Å². The molecule has 0 bridgehead atoms. The van der Waals surface area contributed by atoms with E-state index in [1.54, 1.807) is 24.3 Å². The molecule has 4 rings (SSSR count). The smallest absolute Gasteiger partial charge is 0.347 e. The zero-order chi connectivity index (χ0) is 21.8. The predicted molar refractivity (Wildman–Crippen MR) is 119 cm³/mol. The summed E-state index contributed by atoms with van der Waals surface area (Å²) in [6.07, 6.45) is 7.00. The number of nitrogens with zero attached hydrogens (tertiary/aromatic N) is 1. The molecule has 0 aliphatic rings. The minimum atomic E-state index is -0.685. The van der Waals surface area contributed by atoms with Gasteiger partial charge in [-0.15, -0.1) is 0 Å². The third-order valence-corrected chi connectivity index (χ3v) is 5.00. The molecule has 2 aromatic carbocycles. The molecule has 0 aliphatic carbocycles. The average Bonchev–Trinajstić information content (AvgIpc) is 2.77. The van der Waals surface area contributed by atoms with E-state index in [1.807, 2.05) is 30.6 Å². The molecule has 2 aromatic heterocycles. The van der Waals surface area contributed by atoms with Crippen LogP contribution in [0.15, 0.2) is 88.3 Å². The van der Waals surface area contributed by atoms with Crippen LogP contribution in [0.3, 0.4) is 0 Å². The Hall–Kier alpha value is -3.99. The number of para-hydroxylation sites is 1. The molecule has 154 valence electrons.